The Morgan fingerprint density at radius 2 is 2.16 bits per heavy atom. The molecule has 4 rings (SSSR count). The Balaban J connectivity index is 1.99. The second-order valence-corrected chi connectivity index (χ2v) is 5.14. The maximum atomic E-state index is 12.0. The molecule has 3 heterocycles. The molecule has 0 unspecified atom stereocenters. The van der Waals surface area contributed by atoms with E-state index in [2.05, 4.69) is 15.4 Å². The minimum absolute atomic E-state index is 0.0244. The first-order chi connectivity index (χ1) is 9.25. The summed E-state index contributed by atoms with van der Waals surface area (Å²) in [4.78, 5) is 16.1. The summed E-state index contributed by atoms with van der Waals surface area (Å²) in [6.45, 7) is 1.36. The van der Waals surface area contributed by atoms with Crippen LogP contribution in [-0.2, 0) is 19.4 Å². The molecule has 6 heteroatoms. The fourth-order valence-electron chi connectivity index (χ4n) is 2.90. The first kappa shape index (κ1) is 11.0. The zero-order valence-corrected chi connectivity index (χ0v) is 10.9. The van der Waals surface area contributed by atoms with E-state index in [0.29, 0.717) is 17.4 Å². The summed E-state index contributed by atoms with van der Waals surface area (Å²) >= 11 is 6.14. The van der Waals surface area contributed by atoms with Crippen LogP contribution in [0.4, 0.5) is 0 Å². The zero-order valence-electron chi connectivity index (χ0n) is 10.1. The van der Waals surface area contributed by atoms with Gasteiger partial charge in [-0.2, -0.15) is 5.10 Å². The zero-order chi connectivity index (χ0) is 13.0. The molecule has 2 aliphatic rings. The Morgan fingerprint density at radius 1 is 1.32 bits per heavy atom. The average molecular weight is 275 g/mol. The molecule has 0 bridgehead atoms. The third-order valence-electron chi connectivity index (χ3n) is 3.76. The summed E-state index contributed by atoms with van der Waals surface area (Å²) in [5.74, 6) is -0.0244. The number of pyridine rings is 1. The van der Waals surface area contributed by atoms with Gasteiger partial charge in [-0.1, -0.05) is 11.6 Å². The molecule has 5 nitrogen and oxygen atoms in total. The van der Waals surface area contributed by atoms with Gasteiger partial charge in [-0.25, -0.2) is 4.98 Å². The molecule has 0 spiro atoms. The van der Waals surface area contributed by atoms with Gasteiger partial charge in [0.15, 0.2) is 0 Å². The van der Waals surface area contributed by atoms with E-state index in [1.807, 2.05) is 10.7 Å². The SMILES string of the molecule is O=C1NCCn2nc3c(c21)CCc1c-3ccnc1Cl. The van der Waals surface area contributed by atoms with E-state index in [1.165, 1.54) is 0 Å². The Labute approximate surface area is 114 Å². The van der Waals surface area contributed by atoms with Crippen LogP contribution in [0.5, 0.6) is 0 Å². The van der Waals surface area contributed by atoms with Crippen molar-refractivity contribution in [3.63, 3.8) is 0 Å². The standard InChI is InChI=1S/C13H11ClN4O/c14-12-8-1-2-9-10(7(8)3-4-15-12)17-18-6-5-16-13(19)11(9)18/h3-4H,1-2,5-6H2,(H,16,19). The number of aromatic nitrogens is 3. The van der Waals surface area contributed by atoms with Crippen molar-refractivity contribution in [1.82, 2.24) is 20.1 Å². The highest BCUT2D eigenvalue weighted by molar-refractivity contribution is 6.30. The molecule has 2 aromatic rings. The molecular formula is C13H11ClN4O. The Morgan fingerprint density at radius 3 is 3.05 bits per heavy atom. The Hall–Kier alpha value is -1.88. The average Bonchev–Trinajstić information content (AvgIpc) is 2.79. The topological polar surface area (TPSA) is 59.8 Å². The molecular weight excluding hydrogens is 264 g/mol. The van der Waals surface area contributed by atoms with Crippen molar-refractivity contribution >= 4 is 17.5 Å². The van der Waals surface area contributed by atoms with Crippen LogP contribution in [0, 0.1) is 0 Å². The minimum atomic E-state index is -0.0244. The van der Waals surface area contributed by atoms with Gasteiger partial charge in [0, 0.05) is 23.9 Å². The van der Waals surface area contributed by atoms with E-state index in [9.17, 15) is 4.79 Å². The highest BCUT2D eigenvalue weighted by Gasteiger charge is 2.30. The minimum Gasteiger partial charge on any atom is -0.349 e. The van der Waals surface area contributed by atoms with Crippen LogP contribution in [0.1, 0.15) is 21.6 Å². The fraction of sp³-hybridized carbons (Fsp3) is 0.308. The van der Waals surface area contributed by atoms with Crippen LogP contribution in [0.3, 0.4) is 0 Å². The van der Waals surface area contributed by atoms with Crippen LogP contribution < -0.4 is 5.32 Å². The van der Waals surface area contributed by atoms with Crippen molar-refractivity contribution in [2.45, 2.75) is 19.4 Å². The largest absolute Gasteiger partial charge is 0.349 e. The molecule has 19 heavy (non-hydrogen) atoms. The smallest absolute Gasteiger partial charge is 0.269 e. The van der Waals surface area contributed by atoms with E-state index in [4.69, 9.17) is 11.6 Å². The first-order valence-electron chi connectivity index (χ1n) is 6.27. The monoisotopic (exact) mass is 274 g/mol. The van der Waals surface area contributed by atoms with Crippen molar-refractivity contribution in [2.75, 3.05) is 6.54 Å². The number of nitrogens with one attached hydrogen (secondary N) is 1. The van der Waals surface area contributed by atoms with Gasteiger partial charge in [-0.05, 0) is 24.5 Å². The predicted molar refractivity (Wildman–Crippen MR) is 70.2 cm³/mol. The molecule has 0 saturated carbocycles. The number of rotatable bonds is 0. The number of hydrogen-bond donors (Lipinski definition) is 1. The summed E-state index contributed by atoms with van der Waals surface area (Å²) in [6.07, 6.45) is 3.28. The third-order valence-corrected chi connectivity index (χ3v) is 4.08. The summed E-state index contributed by atoms with van der Waals surface area (Å²) in [6, 6.07) is 1.93. The van der Waals surface area contributed by atoms with Gasteiger partial charge >= 0.3 is 0 Å². The summed E-state index contributed by atoms with van der Waals surface area (Å²) < 4.78 is 1.81. The van der Waals surface area contributed by atoms with Gasteiger partial charge in [0.1, 0.15) is 10.8 Å². The van der Waals surface area contributed by atoms with Gasteiger partial charge in [-0.15, -0.1) is 0 Å². The second kappa shape index (κ2) is 3.81. The summed E-state index contributed by atoms with van der Waals surface area (Å²) in [5.41, 5.74) is 4.67. The lowest BCUT2D eigenvalue weighted by atomic mass is 9.90. The van der Waals surface area contributed by atoms with E-state index in [-0.39, 0.29) is 5.91 Å². The van der Waals surface area contributed by atoms with E-state index in [0.717, 1.165) is 41.8 Å². The van der Waals surface area contributed by atoms with Crippen LogP contribution >= 0.6 is 11.6 Å². The van der Waals surface area contributed by atoms with Gasteiger partial charge in [0.2, 0.25) is 0 Å². The fourth-order valence-corrected chi connectivity index (χ4v) is 3.16. The summed E-state index contributed by atoms with van der Waals surface area (Å²) in [5, 5.41) is 8.01. The lowest BCUT2D eigenvalue weighted by Crippen LogP contribution is -2.36. The number of fused-ring (bicyclic) bond motifs is 5. The van der Waals surface area contributed by atoms with Crippen molar-refractivity contribution in [3.8, 4) is 11.3 Å². The molecule has 0 aromatic carbocycles. The van der Waals surface area contributed by atoms with E-state index < -0.39 is 0 Å². The van der Waals surface area contributed by atoms with Gasteiger partial charge in [-0.3, -0.25) is 9.48 Å². The van der Waals surface area contributed by atoms with Crippen LogP contribution in [0.15, 0.2) is 12.3 Å². The highest BCUT2D eigenvalue weighted by atomic mass is 35.5. The first-order valence-corrected chi connectivity index (χ1v) is 6.65. The van der Waals surface area contributed by atoms with E-state index in [1.54, 1.807) is 6.20 Å². The predicted octanol–water partition coefficient (Wildman–Crippen LogP) is 1.44. The van der Waals surface area contributed by atoms with Gasteiger partial charge < -0.3 is 5.32 Å². The number of halogens is 1. The molecule has 2 aromatic heterocycles. The molecule has 0 radical (unpaired) electrons. The molecule has 1 amide bonds. The molecule has 1 N–H and O–H groups in total. The maximum Gasteiger partial charge on any atom is 0.269 e. The van der Waals surface area contributed by atoms with Crippen molar-refractivity contribution in [1.29, 1.82) is 0 Å². The lowest BCUT2D eigenvalue weighted by Gasteiger charge is -2.17. The molecule has 1 aliphatic carbocycles. The van der Waals surface area contributed by atoms with Gasteiger partial charge in [0.05, 0.1) is 12.2 Å². The number of nitrogens with zero attached hydrogens (tertiary/aromatic N) is 3. The van der Waals surface area contributed by atoms with Crippen LogP contribution in [0.25, 0.3) is 11.3 Å². The van der Waals surface area contributed by atoms with Crippen molar-refractivity contribution < 1.29 is 4.79 Å². The number of carbonyl (C=O) groups excluding carboxylic acids is 1. The molecule has 0 saturated heterocycles. The lowest BCUT2D eigenvalue weighted by molar-refractivity contribution is 0.0923. The van der Waals surface area contributed by atoms with Crippen molar-refractivity contribution in [2.24, 2.45) is 0 Å². The van der Waals surface area contributed by atoms with E-state index >= 15 is 0 Å². The van der Waals surface area contributed by atoms with Gasteiger partial charge in [0.25, 0.3) is 5.91 Å². The molecule has 0 atom stereocenters. The third kappa shape index (κ3) is 1.45. The molecule has 0 fully saturated rings. The number of amides is 1. The van der Waals surface area contributed by atoms with Crippen LogP contribution in [-0.4, -0.2) is 27.2 Å². The maximum absolute atomic E-state index is 12.0. The molecule has 1 aliphatic heterocycles. The Bertz CT molecular complexity index is 707. The second-order valence-electron chi connectivity index (χ2n) is 4.78. The van der Waals surface area contributed by atoms with Crippen LogP contribution in [0.2, 0.25) is 5.15 Å². The highest BCUT2D eigenvalue weighted by Crippen LogP contribution is 2.37. The summed E-state index contributed by atoms with van der Waals surface area (Å²) in [7, 11) is 0. The number of hydrogen-bond acceptors (Lipinski definition) is 3. The Kier molecular flexibility index (Phi) is 2.20. The van der Waals surface area contributed by atoms with Crippen molar-refractivity contribution in [3.05, 3.63) is 34.2 Å². The normalized spacial score (nSPS) is 16.4. The molecule has 96 valence electrons. The number of carbonyl (C=O) groups is 1. The quantitative estimate of drug-likeness (QED) is 0.740.